The molecule has 0 aliphatic heterocycles. The van der Waals surface area contributed by atoms with E-state index in [0.29, 0.717) is 36.8 Å². The fourth-order valence-electron chi connectivity index (χ4n) is 2.14. The maximum absolute atomic E-state index is 11.9. The van der Waals surface area contributed by atoms with Crippen LogP contribution in [-0.4, -0.2) is 42.5 Å². The third-order valence-electron chi connectivity index (χ3n) is 3.64. The molecule has 0 spiro atoms. The van der Waals surface area contributed by atoms with Crippen LogP contribution >= 0.6 is 11.6 Å². The van der Waals surface area contributed by atoms with Gasteiger partial charge in [0.05, 0.1) is 4.92 Å². The van der Waals surface area contributed by atoms with Crippen LogP contribution < -0.4 is 10.1 Å². The lowest BCUT2D eigenvalue weighted by atomic mass is 10.2. The summed E-state index contributed by atoms with van der Waals surface area (Å²) in [5.74, 6) is 0.600. The number of hydrogen-bond acceptors (Lipinski definition) is 5. The first-order valence-corrected chi connectivity index (χ1v) is 8.43. The molecule has 0 radical (unpaired) electrons. The molecule has 0 unspecified atom stereocenters. The topological polar surface area (TPSA) is 84.7 Å². The number of amides is 1. The Balaban J connectivity index is 1.66. The van der Waals surface area contributed by atoms with Crippen molar-refractivity contribution in [3.8, 4) is 5.75 Å². The molecule has 7 nitrogen and oxygen atoms in total. The molecule has 0 heterocycles. The van der Waals surface area contributed by atoms with Crippen LogP contribution in [0.4, 0.5) is 11.4 Å². The molecule has 8 heteroatoms. The van der Waals surface area contributed by atoms with Crippen LogP contribution in [0.3, 0.4) is 0 Å². The van der Waals surface area contributed by atoms with Gasteiger partial charge in [-0.2, -0.15) is 0 Å². The van der Waals surface area contributed by atoms with Crippen molar-refractivity contribution in [2.75, 3.05) is 32.1 Å². The number of carbonyl (C=O) groups is 1. The van der Waals surface area contributed by atoms with E-state index < -0.39 is 4.92 Å². The van der Waals surface area contributed by atoms with E-state index in [1.165, 1.54) is 24.3 Å². The fraction of sp³-hybridized carbons (Fsp3) is 0.278. The molecular weight excluding hydrogens is 358 g/mol. The number of nitrogens with zero attached hydrogens (tertiary/aromatic N) is 2. The van der Waals surface area contributed by atoms with E-state index in [0.717, 1.165) is 5.75 Å². The summed E-state index contributed by atoms with van der Waals surface area (Å²) >= 11 is 5.82. The van der Waals surface area contributed by atoms with E-state index in [4.69, 9.17) is 16.3 Å². The highest BCUT2D eigenvalue weighted by atomic mass is 35.5. The van der Waals surface area contributed by atoms with Gasteiger partial charge in [0.25, 0.3) is 5.69 Å². The monoisotopic (exact) mass is 377 g/mol. The van der Waals surface area contributed by atoms with Crippen LogP contribution in [0.25, 0.3) is 0 Å². The lowest BCUT2D eigenvalue weighted by Crippen LogP contribution is -2.28. The summed E-state index contributed by atoms with van der Waals surface area (Å²) in [6.07, 6.45) is 0.314. The number of nitrogens with one attached hydrogen (secondary N) is 1. The minimum Gasteiger partial charge on any atom is -0.492 e. The number of hydrogen-bond donors (Lipinski definition) is 1. The second-order valence-corrected chi connectivity index (χ2v) is 6.14. The van der Waals surface area contributed by atoms with Gasteiger partial charge < -0.3 is 15.0 Å². The Morgan fingerprint density at radius 2 is 1.81 bits per heavy atom. The first-order chi connectivity index (χ1) is 12.4. The zero-order valence-corrected chi connectivity index (χ0v) is 15.1. The third-order valence-corrected chi connectivity index (χ3v) is 3.89. The van der Waals surface area contributed by atoms with Crippen LogP contribution in [0.2, 0.25) is 5.02 Å². The average Bonchev–Trinajstić information content (AvgIpc) is 2.62. The molecule has 0 saturated carbocycles. The number of carbonyl (C=O) groups excluding carboxylic acids is 1. The number of non-ortho nitro benzene ring substituents is 1. The van der Waals surface area contributed by atoms with Gasteiger partial charge in [-0.1, -0.05) is 11.6 Å². The lowest BCUT2D eigenvalue weighted by Gasteiger charge is -2.16. The summed E-state index contributed by atoms with van der Waals surface area (Å²) in [6.45, 7) is 1.75. The van der Waals surface area contributed by atoms with E-state index >= 15 is 0 Å². The van der Waals surface area contributed by atoms with Gasteiger partial charge in [0.15, 0.2) is 0 Å². The molecule has 1 N–H and O–H groups in total. The van der Waals surface area contributed by atoms with Gasteiger partial charge in [0.2, 0.25) is 5.91 Å². The van der Waals surface area contributed by atoms with Gasteiger partial charge in [-0.25, -0.2) is 0 Å². The van der Waals surface area contributed by atoms with E-state index in [2.05, 4.69) is 5.32 Å². The van der Waals surface area contributed by atoms with E-state index in [1.807, 2.05) is 11.9 Å². The fourth-order valence-corrected chi connectivity index (χ4v) is 2.27. The molecule has 0 saturated heterocycles. The molecule has 0 aromatic heterocycles. The zero-order chi connectivity index (χ0) is 18.9. The van der Waals surface area contributed by atoms with Gasteiger partial charge in [-0.15, -0.1) is 0 Å². The number of benzene rings is 2. The van der Waals surface area contributed by atoms with Crippen molar-refractivity contribution in [2.24, 2.45) is 0 Å². The SMILES string of the molecule is CN(CCOc1ccc(Cl)cc1)CCC(=O)Nc1ccc([N+](=O)[O-])cc1. The van der Waals surface area contributed by atoms with Gasteiger partial charge >= 0.3 is 0 Å². The molecule has 2 aromatic rings. The summed E-state index contributed by atoms with van der Waals surface area (Å²) < 4.78 is 5.61. The number of nitro groups is 1. The number of halogens is 1. The maximum atomic E-state index is 11.9. The number of ether oxygens (including phenoxy) is 1. The number of rotatable bonds is 9. The van der Waals surface area contributed by atoms with Crippen molar-refractivity contribution in [3.63, 3.8) is 0 Å². The standard InChI is InChI=1S/C18H20ClN3O4/c1-21(12-13-26-17-8-2-14(19)3-9-17)11-10-18(23)20-15-4-6-16(7-5-15)22(24)25/h2-9H,10-13H2,1H3,(H,20,23). The van der Waals surface area contributed by atoms with Crippen molar-refractivity contribution >= 4 is 28.9 Å². The van der Waals surface area contributed by atoms with Gasteiger partial charge in [-0.05, 0) is 43.4 Å². The third kappa shape index (κ3) is 6.70. The van der Waals surface area contributed by atoms with Crippen molar-refractivity contribution in [2.45, 2.75) is 6.42 Å². The average molecular weight is 378 g/mol. The zero-order valence-electron chi connectivity index (χ0n) is 14.4. The first-order valence-electron chi connectivity index (χ1n) is 8.05. The molecule has 26 heavy (non-hydrogen) atoms. The Labute approximate surface area is 156 Å². The van der Waals surface area contributed by atoms with E-state index in [-0.39, 0.29) is 11.6 Å². The van der Waals surface area contributed by atoms with E-state index in [1.54, 1.807) is 24.3 Å². The molecule has 138 valence electrons. The smallest absolute Gasteiger partial charge is 0.269 e. The Hall–Kier alpha value is -2.64. The van der Waals surface area contributed by atoms with Crippen LogP contribution in [0.1, 0.15) is 6.42 Å². The second kappa shape index (κ2) is 9.74. The van der Waals surface area contributed by atoms with Crippen LogP contribution in [0, 0.1) is 10.1 Å². The Kier molecular flexibility index (Phi) is 7.37. The molecule has 1 amide bonds. The Morgan fingerprint density at radius 3 is 2.42 bits per heavy atom. The predicted octanol–water partition coefficient (Wildman–Crippen LogP) is 3.59. The second-order valence-electron chi connectivity index (χ2n) is 5.71. The van der Waals surface area contributed by atoms with Crippen LogP contribution in [0.15, 0.2) is 48.5 Å². The van der Waals surface area contributed by atoms with Crippen molar-refractivity contribution < 1.29 is 14.5 Å². The molecule has 2 aromatic carbocycles. The lowest BCUT2D eigenvalue weighted by molar-refractivity contribution is -0.384. The van der Waals surface area contributed by atoms with Gasteiger partial charge in [0, 0.05) is 42.4 Å². The minimum atomic E-state index is -0.479. The molecular formula is C18H20ClN3O4. The normalized spacial score (nSPS) is 10.6. The van der Waals surface area contributed by atoms with Crippen molar-refractivity contribution in [3.05, 3.63) is 63.7 Å². The van der Waals surface area contributed by atoms with Gasteiger partial charge in [-0.3, -0.25) is 14.9 Å². The highest BCUT2D eigenvalue weighted by Gasteiger charge is 2.08. The maximum Gasteiger partial charge on any atom is 0.269 e. The molecule has 2 rings (SSSR count). The first kappa shape index (κ1) is 19.7. The summed E-state index contributed by atoms with van der Waals surface area (Å²) in [5.41, 5.74) is 0.526. The predicted molar refractivity (Wildman–Crippen MR) is 101 cm³/mol. The largest absolute Gasteiger partial charge is 0.492 e. The number of likely N-dealkylation sites (N-methyl/N-ethyl adjacent to an activating group) is 1. The summed E-state index contributed by atoms with van der Waals surface area (Å²) in [7, 11) is 1.91. The van der Waals surface area contributed by atoms with Crippen LogP contribution in [0.5, 0.6) is 5.75 Å². The highest BCUT2D eigenvalue weighted by molar-refractivity contribution is 6.30. The number of anilines is 1. The Morgan fingerprint density at radius 1 is 1.15 bits per heavy atom. The van der Waals surface area contributed by atoms with Crippen LogP contribution in [-0.2, 0) is 4.79 Å². The van der Waals surface area contributed by atoms with E-state index in [9.17, 15) is 14.9 Å². The molecule has 0 aliphatic carbocycles. The molecule has 0 atom stereocenters. The highest BCUT2D eigenvalue weighted by Crippen LogP contribution is 2.16. The molecule has 0 fully saturated rings. The summed E-state index contributed by atoms with van der Waals surface area (Å²) in [4.78, 5) is 24.1. The Bertz CT molecular complexity index is 735. The molecule has 0 bridgehead atoms. The molecule has 0 aliphatic rings. The van der Waals surface area contributed by atoms with Crippen molar-refractivity contribution in [1.29, 1.82) is 0 Å². The minimum absolute atomic E-state index is 0.0107. The van der Waals surface area contributed by atoms with Gasteiger partial charge in [0.1, 0.15) is 12.4 Å². The quantitative estimate of drug-likeness (QED) is 0.533. The summed E-state index contributed by atoms with van der Waals surface area (Å²) in [5, 5.41) is 14.0. The summed E-state index contributed by atoms with van der Waals surface area (Å²) in [6, 6.07) is 12.9. The van der Waals surface area contributed by atoms with Crippen molar-refractivity contribution in [1.82, 2.24) is 4.90 Å². The number of nitro benzene ring substituents is 1.